The first-order chi connectivity index (χ1) is 14.4. The van der Waals surface area contributed by atoms with Crippen LogP contribution in [0, 0.1) is 18.6 Å². The standard InChI is InChI=1S/C22H15F2N3O3/c1-12-10-14(7-8-17(12)24)26-21(29)18-19(28)16-6-3-9-25-20(16)27(22(18)30)15-5-2-4-13(23)11-15/h2-11,28H,1H3,(H,26,29). The zero-order valence-electron chi connectivity index (χ0n) is 15.7. The zero-order valence-corrected chi connectivity index (χ0v) is 15.7. The molecule has 0 aliphatic carbocycles. The van der Waals surface area contributed by atoms with Crippen LogP contribution < -0.4 is 10.9 Å². The van der Waals surface area contributed by atoms with Gasteiger partial charge in [-0.15, -0.1) is 0 Å². The summed E-state index contributed by atoms with van der Waals surface area (Å²) < 4.78 is 28.3. The van der Waals surface area contributed by atoms with Gasteiger partial charge in [-0.25, -0.2) is 13.8 Å². The number of carbonyl (C=O) groups excluding carboxylic acids is 1. The Bertz CT molecular complexity index is 1370. The highest BCUT2D eigenvalue weighted by molar-refractivity contribution is 6.09. The summed E-state index contributed by atoms with van der Waals surface area (Å²) in [5, 5.41) is 13.3. The number of aromatic nitrogens is 2. The molecule has 1 amide bonds. The van der Waals surface area contributed by atoms with Crippen LogP contribution in [0.3, 0.4) is 0 Å². The molecule has 8 heteroatoms. The third kappa shape index (κ3) is 3.28. The van der Waals surface area contributed by atoms with Crippen LogP contribution in [0.5, 0.6) is 5.75 Å². The van der Waals surface area contributed by atoms with E-state index in [9.17, 15) is 23.5 Å². The second-order valence-corrected chi connectivity index (χ2v) is 6.64. The third-order valence-electron chi connectivity index (χ3n) is 4.62. The Balaban J connectivity index is 1.93. The van der Waals surface area contributed by atoms with Crippen molar-refractivity contribution in [1.29, 1.82) is 0 Å². The molecule has 6 nitrogen and oxygen atoms in total. The molecule has 2 aromatic carbocycles. The van der Waals surface area contributed by atoms with E-state index in [0.717, 1.165) is 10.6 Å². The summed E-state index contributed by atoms with van der Waals surface area (Å²) >= 11 is 0. The molecule has 0 spiro atoms. The summed E-state index contributed by atoms with van der Waals surface area (Å²) in [5.41, 5.74) is -0.643. The van der Waals surface area contributed by atoms with Gasteiger partial charge in [0.15, 0.2) is 5.65 Å². The van der Waals surface area contributed by atoms with Gasteiger partial charge in [-0.3, -0.25) is 14.2 Å². The maximum atomic E-state index is 13.8. The molecule has 4 aromatic rings. The number of benzene rings is 2. The molecule has 0 aliphatic heterocycles. The average molecular weight is 407 g/mol. The Kier molecular flexibility index (Phi) is 4.75. The van der Waals surface area contributed by atoms with E-state index in [2.05, 4.69) is 10.3 Å². The van der Waals surface area contributed by atoms with Crippen LogP contribution in [0.2, 0.25) is 0 Å². The number of aromatic hydroxyl groups is 1. The van der Waals surface area contributed by atoms with Crippen molar-refractivity contribution in [2.45, 2.75) is 6.92 Å². The highest BCUT2D eigenvalue weighted by Gasteiger charge is 2.24. The van der Waals surface area contributed by atoms with Crippen LogP contribution in [0.4, 0.5) is 14.5 Å². The number of nitrogens with zero attached hydrogens (tertiary/aromatic N) is 2. The summed E-state index contributed by atoms with van der Waals surface area (Å²) in [4.78, 5) is 30.2. The van der Waals surface area contributed by atoms with Crippen LogP contribution in [0.15, 0.2) is 65.6 Å². The van der Waals surface area contributed by atoms with Crippen LogP contribution in [0.1, 0.15) is 15.9 Å². The maximum Gasteiger partial charge on any atom is 0.273 e. The molecule has 30 heavy (non-hydrogen) atoms. The second kappa shape index (κ2) is 7.40. The molecule has 0 atom stereocenters. The highest BCUT2D eigenvalue weighted by atomic mass is 19.1. The number of anilines is 1. The van der Waals surface area contributed by atoms with Gasteiger partial charge in [-0.2, -0.15) is 0 Å². The molecule has 0 radical (unpaired) electrons. The lowest BCUT2D eigenvalue weighted by Gasteiger charge is -2.14. The molecule has 2 N–H and O–H groups in total. The number of amides is 1. The fraction of sp³-hybridized carbons (Fsp3) is 0.0455. The van der Waals surface area contributed by atoms with Gasteiger partial charge in [-0.1, -0.05) is 6.07 Å². The molecule has 0 bridgehead atoms. The largest absolute Gasteiger partial charge is 0.506 e. The van der Waals surface area contributed by atoms with Crippen molar-refractivity contribution in [2.75, 3.05) is 5.32 Å². The summed E-state index contributed by atoms with van der Waals surface area (Å²) in [6.45, 7) is 1.53. The SMILES string of the molecule is Cc1cc(NC(=O)c2c(O)c3cccnc3n(-c3cccc(F)c3)c2=O)ccc1F. The molecule has 150 valence electrons. The van der Waals surface area contributed by atoms with Crippen molar-refractivity contribution in [3.63, 3.8) is 0 Å². The molecule has 0 fully saturated rings. The first-order valence-corrected chi connectivity index (χ1v) is 8.93. The predicted molar refractivity (Wildman–Crippen MR) is 108 cm³/mol. The third-order valence-corrected chi connectivity index (χ3v) is 4.62. The van der Waals surface area contributed by atoms with Crippen LogP contribution >= 0.6 is 0 Å². The van der Waals surface area contributed by atoms with Crippen molar-refractivity contribution in [3.8, 4) is 11.4 Å². The minimum Gasteiger partial charge on any atom is -0.506 e. The van der Waals surface area contributed by atoms with Crippen molar-refractivity contribution in [3.05, 3.63) is 93.9 Å². The Morgan fingerprint density at radius 3 is 2.63 bits per heavy atom. The van der Waals surface area contributed by atoms with Gasteiger partial charge in [0, 0.05) is 11.9 Å². The quantitative estimate of drug-likeness (QED) is 0.539. The summed E-state index contributed by atoms with van der Waals surface area (Å²) in [5.74, 6) is -2.46. The van der Waals surface area contributed by atoms with E-state index in [-0.39, 0.29) is 22.4 Å². The first-order valence-electron chi connectivity index (χ1n) is 8.93. The Morgan fingerprint density at radius 2 is 1.90 bits per heavy atom. The van der Waals surface area contributed by atoms with E-state index < -0.39 is 34.4 Å². The Morgan fingerprint density at radius 1 is 1.10 bits per heavy atom. The topological polar surface area (TPSA) is 84.2 Å². The van der Waals surface area contributed by atoms with Gasteiger partial charge < -0.3 is 10.4 Å². The number of halogens is 2. The minimum atomic E-state index is -0.889. The van der Waals surface area contributed by atoms with Gasteiger partial charge in [0.05, 0.1) is 11.1 Å². The van der Waals surface area contributed by atoms with Crippen molar-refractivity contribution < 1.29 is 18.7 Å². The zero-order chi connectivity index (χ0) is 21.4. The number of nitrogens with one attached hydrogen (secondary N) is 1. The van der Waals surface area contributed by atoms with E-state index in [0.29, 0.717) is 5.56 Å². The van der Waals surface area contributed by atoms with Gasteiger partial charge in [-0.05, 0) is 61.0 Å². The molecule has 4 rings (SSSR count). The summed E-state index contributed by atoms with van der Waals surface area (Å²) in [7, 11) is 0. The van der Waals surface area contributed by atoms with E-state index in [1.807, 2.05) is 0 Å². The van der Waals surface area contributed by atoms with Crippen molar-refractivity contribution in [2.24, 2.45) is 0 Å². The lowest BCUT2D eigenvalue weighted by Crippen LogP contribution is -2.29. The number of hydrogen-bond donors (Lipinski definition) is 2. The normalized spacial score (nSPS) is 10.9. The van der Waals surface area contributed by atoms with Gasteiger partial charge in [0.1, 0.15) is 22.9 Å². The number of aryl methyl sites for hydroxylation is 1. The van der Waals surface area contributed by atoms with Gasteiger partial charge in [0.25, 0.3) is 11.5 Å². The monoisotopic (exact) mass is 407 g/mol. The molecule has 0 saturated carbocycles. The number of carbonyl (C=O) groups is 1. The van der Waals surface area contributed by atoms with Crippen LogP contribution in [0.25, 0.3) is 16.7 Å². The lowest BCUT2D eigenvalue weighted by atomic mass is 10.1. The van der Waals surface area contributed by atoms with Crippen LogP contribution in [-0.2, 0) is 0 Å². The number of fused-ring (bicyclic) bond motifs is 1. The molecule has 0 aliphatic rings. The smallest absolute Gasteiger partial charge is 0.273 e. The fourth-order valence-electron chi connectivity index (χ4n) is 3.18. The summed E-state index contributed by atoms with van der Waals surface area (Å²) in [6.07, 6.45) is 1.41. The molecule has 2 heterocycles. The molecule has 0 saturated heterocycles. The van der Waals surface area contributed by atoms with Gasteiger partial charge >= 0.3 is 0 Å². The van der Waals surface area contributed by atoms with E-state index in [1.54, 1.807) is 0 Å². The lowest BCUT2D eigenvalue weighted by molar-refractivity contribution is 0.102. The molecular weight excluding hydrogens is 392 g/mol. The van der Waals surface area contributed by atoms with Crippen molar-refractivity contribution in [1.82, 2.24) is 9.55 Å². The number of rotatable bonds is 3. The maximum absolute atomic E-state index is 13.8. The van der Waals surface area contributed by atoms with E-state index in [4.69, 9.17) is 0 Å². The Labute approximate surface area is 169 Å². The van der Waals surface area contributed by atoms with Gasteiger partial charge in [0.2, 0.25) is 0 Å². The van der Waals surface area contributed by atoms with E-state index >= 15 is 0 Å². The summed E-state index contributed by atoms with van der Waals surface area (Å²) in [6, 6.07) is 12.2. The molecular formula is C22H15F2N3O3. The highest BCUT2D eigenvalue weighted by Crippen LogP contribution is 2.27. The van der Waals surface area contributed by atoms with E-state index in [1.165, 1.54) is 61.7 Å². The number of hydrogen-bond acceptors (Lipinski definition) is 4. The fourth-order valence-corrected chi connectivity index (χ4v) is 3.18. The minimum absolute atomic E-state index is 0.0692. The average Bonchev–Trinajstić information content (AvgIpc) is 2.71. The first kappa shape index (κ1) is 19.3. The molecule has 2 aromatic heterocycles. The van der Waals surface area contributed by atoms with Crippen LogP contribution in [-0.4, -0.2) is 20.6 Å². The second-order valence-electron chi connectivity index (χ2n) is 6.64. The molecule has 0 unspecified atom stereocenters. The predicted octanol–water partition coefficient (Wildman–Crippen LogP) is 3.93. The number of pyridine rings is 2. The van der Waals surface area contributed by atoms with Crippen molar-refractivity contribution >= 4 is 22.6 Å². The Hall–Kier alpha value is -4.07.